The van der Waals surface area contributed by atoms with Crippen molar-refractivity contribution in [2.24, 2.45) is 0 Å². The molecule has 154 valence electrons. The molecule has 0 N–H and O–H groups in total. The molecular formula is C22H27N3O3S. The molecule has 0 spiro atoms. The fourth-order valence-corrected chi connectivity index (χ4v) is 4.09. The number of unbranched alkanes of at least 4 members (excludes halogenated alkanes) is 3. The van der Waals surface area contributed by atoms with E-state index in [0.717, 1.165) is 16.9 Å². The highest BCUT2D eigenvalue weighted by Gasteiger charge is 2.15. The highest BCUT2D eigenvalue weighted by molar-refractivity contribution is 7.15. The van der Waals surface area contributed by atoms with Crippen molar-refractivity contribution in [3.63, 3.8) is 0 Å². The summed E-state index contributed by atoms with van der Waals surface area (Å²) in [4.78, 5) is 6.94. The van der Waals surface area contributed by atoms with Crippen molar-refractivity contribution in [1.82, 2.24) is 15.2 Å². The Bertz CT molecular complexity index is 900. The maximum absolute atomic E-state index is 5.41. The SMILES string of the molecule is CCCCCCc1ccc(-c2ncc(-c3cc(OC)c(OC)c(OC)c3)nn2)s1. The standard InChI is InChI=1S/C22H27N3O3S/c1-5-6-7-8-9-16-10-11-20(29-16)22-23-14-17(24-25-22)15-12-18(26-2)21(28-4)19(13-15)27-3/h10-14H,5-9H2,1-4H3. The number of ether oxygens (including phenoxy) is 3. The molecule has 0 aliphatic carbocycles. The van der Waals surface area contributed by atoms with Gasteiger partial charge in [0.2, 0.25) is 5.75 Å². The van der Waals surface area contributed by atoms with Gasteiger partial charge in [0.05, 0.1) is 32.4 Å². The van der Waals surface area contributed by atoms with E-state index in [1.165, 1.54) is 30.6 Å². The van der Waals surface area contributed by atoms with Crippen molar-refractivity contribution in [2.75, 3.05) is 21.3 Å². The zero-order chi connectivity index (χ0) is 20.6. The van der Waals surface area contributed by atoms with Crippen molar-refractivity contribution in [3.05, 3.63) is 35.3 Å². The first kappa shape index (κ1) is 21.0. The second-order valence-corrected chi connectivity index (χ2v) is 7.83. The second kappa shape index (κ2) is 10.2. The highest BCUT2D eigenvalue weighted by Crippen LogP contribution is 2.40. The normalized spacial score (nSPS) is 10.8. The van der Waals surface area contributed by atoms with Crippen molar-refractivity contribution in [1.29, 1.82) is 0 Å². The Balaban J connectivity index is 1.78. The van der Waals surface area contributed by atoms with Gasteiger partial charge in [-0.1, -0.05) is 26.2 Å². The molecule has 3 rings (SSSR count). The van der Waals surface area contributed by atoms with Crippen LogP contribution in [0.15, 0.2) is 30.5 Å². The van der Waals surface area contributed by atoms with E-state index in [4.69, 9.17) is 14.2 Å². The zero-order valence-corrected chi connectivity index (χ0v) is 18.2. The largest absolute Gasteiger partial charge is 0.493 e. The number of hydrogen-bond acceptors (Lipinski definition) is 7. The Morgan fingerprint density at radius 1 is 0.897 bits per heavy atom. The first-order chi connectivity index (χ1) is 14.2. The number of thiophene rings is 1. The third-order valence-electron chi connectivity index (χ3n) is 4.68. The van der Waals surface area contributed by atoms with E-state index in [0.29, 0.717) is 28.8 Å². The first-order valence-corrected chi connectivity index (χ1v) is 10.6. The molecule has 2 heterocycles. The minimum Gasteiger partial charge on any atom is -0.493 e. The summed E-state index contributed by atoms with van der Waals surface area (Å²) in [6, 6.07) is 7.93. The molecule has 0 amide bonds. The molecule has 2 aromatic heterocycles. The molecule has 0 fully saturated rings. The fraction of sp³-hybridized carbons (Fsp3) is 0.409. The molecule has 0 saturated carbocycles. The Morgan fingerprint density at radius 2 is 1.66 bits per heavy atom. The minimum absolute atomic E-state index is 0.543. The minimum atomic E-state index is 0.543. The molecule has 7 heteroatoms. The molecule has 0 bridgehead atoms. The van der Waals surface area contributed by atoms with Gasteiger partial charge < -0.3 is 14.2 Å². The number of hydrogen-bond donors (Lipinski definition) is 0. The quantitative estimate of drug-likeness (QED) is 0.414. The summed E-state index contributed by atoms with van der Waals surface area (Å²) < 4.78 is 16.2. The van der Waals surface area contributed by atoms with Crippen LogP contribution >= 0.6 is 11.3 Å². The van der Waals surface area contributed by atoms with Gasteiger partial charge in [-0.15, -0.1) is 21.5 Å². The van der Waals surface area contributed by atoms with Gasteiger partial charge >= 0.3 is 0 Å². The van der Waals surface area contributed by atoms with Gasteiger partial charge in [0.25, 0.3) is 0 Å². The molecule has 0 radical (unpaired) electrons. The van der Waals surface area contributed by atoms with E-state index in [-0.39, 0.29) is 0 Å². The van der Waals surface area contributed by atoms with Gasteiger partial charge in [0.1, 0.15) is 5.69 Å². The summed E-state index contributed by atoms with van der Waals surface area (Å²) in [5, 5.41) is 8.71. The van der Waals surface area contributed by atoms with Crippen LogP contribution < -0.4 is 14.2 Å². The van der Waals surface area contributed by atoms with Gasteiger partial charge in [0.15, 0.2) is 17.3 Å². The Morgan fingerprint density at radius 3 is 2.24 bits per heavy atom. The molecule has 0 atom stereocenters. The number of aromatic nitrogens is 3. The lowest BCUT2D eigenvalue weighted by Crippen LogP contribution is -1.98. The number of methoxy groups -OCH3 is 3. The predicted molar refractivity (Wildman–Crippen MR) is 116 cm³/mol. The fourth-order valence-electron chi connectivity index (χ4n) is 3.11. The first-order valence-electron chi connectivity index (χ1n) is 9.79. The molecule has 6 nitrogen and oxygen atoms in total. The van der Waals surface area contributed by atoms with Gasteiger partial charge in [-0.25, -0.2) is 4.98 Å². The zero-order valence-electron chi connectivity index (χ0n) is 17.4. The summed E-state index contributed by atoms with van der Waals surface area (Å²) in [7, 11) is 4.75. The van der Waals surface area contributed by atoms with Crippen molar-refractivity contribution >= 4 is 11.3 Å². The van der Waals surface area contributed by atoms with Crippen LogP contribution in [0.1, 0.15) is 37.5 Å². The number of rotatable bonds is 10. The van der Waals surface area contributed by atoms with Crippen molar-refractivity contribution in [2.45, 2.75) is 39.0 Å². The number of benzene rings is 1. The third kappa shape index (κ3) is 5.03. The van der Waals surface area contributed by atoms with Gasteiger partial charge in [-0.3, -0.25) is 0 Å². The van der Waals surface area contributed by atoms with Gasteiger partial charge in [-0.05, 0) is 37.1 Å². The molecule has 1 aromatic carbocycles. The summed E-state index contributed by atoms with van der Waals surface area (Å²) in [5.41, 5.74) is 1.44. The van der Waals surface area contributed by atoms with Crippen LogP contribution in [0.5, 0.6) is 17.2 Å². The third-order valence-corrected chi connectivity index (χ3v) is 5.82. The average Bonchev–Trinajstić information content (AvgIpc) is 3.24. The summed E-state index contributed by atoms with van der Waals surface area (Å²) >= 11 is 1.74. The topological polar surface area (TPSA) is 66.4 Å². The van der Waals surface area contributed by atoms with Crippen LogP contribution in [0.4, 0.5) is 0 Å². The summed E-state index contributed by atoms with van der Waals surface area (Å²) in [6.07, 6.45) is 7.91. The predicted octanol–water partition coefficient (Wildman–Crippen LogP) is 5.42. The molecule has 0 unspecified atom stereocenters. The summed E-state index contributed by atoms with van der Waals surface area (Å²) in [5.74, 6) is 2.32. The lowest BCUT2D eigenvalue weighted by molar-refractivity contribution is 0.324. The lowest BCUT2D eigenvalue weighted by atomic mass is 10.1. The molecule has 0 aliphatic heterocycles. The summed E-state index contributed by atoms with van der Waals surface area (Å²) in [6.45, 7) is 2.23. The molecular weight excluding hydrogens is 386 g/mol. The maximum atomic E-state index is 5.41. The van der Waals surface area contributed by atoms with E-state index in [9.17, 15) is 0 Å². The van der Waals surface area contributed by atoms with Crippen LogP contribution in [0, 0.1) is 0 Å². The van der Waals surface area contributed by atoms with E-state index in [2.05, 4.69) is 34.2 Å². The maximum Gasteiger partial charge on any atom is 0.203 e. The second-order valence-electron chi connectivity index (χ2n) is 6.66. The number of aryl methyl sites for hydroxylation is 1. The monoisotopic (exact) mass is 413 g/mol. The van der Waals surface area contributed by atoms with Crippen LogP contribution in [-0.2, 0) is 6.42 Å². The van der Waals surface area contributed by atoms with Crippen LogP contribution in [-0.4, -0.2) is 36.5 Å². The van der Waals surface area contributed by atoms with Gasteiger partial charge in [0, 0.05) is 10.4 Å². The van der Waals surface area contributed by atoms with E-state index >= 15 is 0 Å². The lowest BCUT2D eigenvalue weighted by Gasteiger charge is -2.13. The Labute approximate surface area is 175 Å². The average molecular weight is 414 g/mol. The van der Waals surface area contributed by atoms with Crippen molar-refractivity contribution in [3.8, 4) is 39.2 Å². The number of nitrogens with zero attached hydrogens (tertiary/aromatic N) is 3. The van der Waals surface area contributed by atoms with Crippen molar-refractivity contribution < 1.29 is 14.2 Å². The van der Waals surface area contributed by atoms with E-state index in [1.807, 2.05) is 12.1 Å². The highest BCUT2D eigenvalue weighted by atomic mass is 32.1. The Kier molecular flexibility index (Phi) is 7.41. The van der Waals surface area contributed by atoms with Crippen LogP contribution in [0.2, 0.25) is 0 Å². The van der Waals surface area contributed by atoms with Crippen LogP contribution in [0.3, 0.4) is 0 Å². The van der Waals surface area contributed by atoms with E-state index in [1.54, 1.807) is 38.9 Å². The Hall–Kier alpha value is -2.67. The molecule has 29 heavy (non-hydrogen) atoms. The van der Waals surface area contributed by atoms with Gasteiger partial charge in [-0.2, -0.15) is 0 Å². The van der Waals surface area contributed by atoms with E-state index < -0.39 is 0 Å². The molecule has 0 saturated heterocycles. The van der Waals surface area contributed by atoms with Crippen LogP contribution in [0.25, 0.3) is 22.0 Å². The molecule has 3 aromatic rings. The smallest absolute Gasteiger partial charge is 0.203 e. The molecule has 0 aliphatic rings.